The molecule has 7 heteroatoms. The van der Waals surface area contributed by atoms with E-state index in [1.807, 2.05) is 37.3 Å². The van der Waals surface area contributed by atoms with Crippen molar-refractivity contribution >= 4 is 5.91 Å². The van der Waals surface area contributed by atoms with Crippen molar-refractivity contribution in [2.24, 2.45) is 0 Å². The zero-order valence-corrected chi connectivity index (χ0v) is 13.9. The number of hydrogen-bond acceptors (Lipinski definition) is 5. The Bertz CT molecular complexity index is 701. The second-order valence-electron chi connectivity index (χ2n) is 5.84. The number of hydrogen-bond donors (Lipinski definition) is 1. The lowest BCUT2D eigenvalue weighted by atomic mass is 10.2. The molecule has 2 atom stereocenters. The highest BCUT2D eigenvalue weighted by Gasteiger charge is 2.37. The number of ether oxygens (including phenoxy) is 1. The van der Waals surface area contributed by atoms with Crippen molar-refractivity contribution in [3.8, 4) is 5.69 Å². The van der Waals surface area contributed by atoms with Gasteiger partial charge in [-0.2, -0.15) is 0 Å². The number of benzene rings is 1. The molecule has 24 heavy (non-hydrogen) atoms. The highest BCUT2D eigenvalue weighted by molar-refractivity contribution is 5.91. The molecule has 2 heterocycles. The Morgan fingerprint density at radius 3 is 2.75 bits per heavy atom. The first kappa shape index (κ1) is 16.6. The van der Waals surface area contributed by atoms with E-state index in [4.69, 9.17) is 4.74 Å². The van der Waals surface area contributed by atoms with Gasteiger partial charge >= 0.3 is 0 Å². The van der Waals surface area contributed by atoms with E-state index in [-0.39, 0.29) is 30.5 Å². The standard InChI is InChI=1S/C17H22N4O3/c1-3-15-18-16(19-21(15)12-7-5-4-6-8-12)17(23)20-10-14(24-2)9-13(20)11-22/h4-8,13-14,22H,3,9-11H2,1-2H3/t13-,14-/m0/s1. The van der Waals surface area contributed by atoms with Gasteiger partial charge in [-0.25, -0.2) is 9.67 Å². The average Bonchev–Trinajstić information content (AvgIpc) is 3.25. The molecule has 1 saturated heterocycles. The van der Waals surface area contributed by atoms with E-state index in [9.17, 15) is 9.90 Å². The fourth-order valence-corrected chi connectivity index (χ4v) is 3.03. The van der Waals surface area contributed by atoms with Gasteiger partial charge in [-0.05, 0) is 18.6 Å². The summed E-state index contributed by atoms with van der Waals surface area (Å²) < 4.78 is 7.03. The van der Waals surface area contributed by atoms with Gasteiger partial charge in [-0.3, -0.25) is 4.79 Å². The minimum absolute atomic E-state index is 0.0621. The van der Waals surface area contributed by atoms with E-state index in [2.05, 4.69) is 10.1 Å². The van der Waals surface area contributed by atoms with Crippen LogP contribution in [-0.2, 0) is 11.2 Å². The summed E-state index contributed by atoms with van der Waals surface area (Å²) in [6.07, 6.45) is 1.23. The highest BCUT2D eigenvalue weighted by atomic mass is 16.5. The van der Waals surface area contributed by atoms with Crippen molar-refractivity contribution in [2.45, 2.75) is 31.9 Å². The molecule has 0 saturated carbocycles. The van der Waals surface area contributed by atoms with Crippen LogP contribution in [0.1, 0.15) is 29.8 Å². The second-order valence-corrected chi connectivity index (χ2v) is 5.84. The third-order valence-corrected chi connectivity index (χ3v) is 4.36. The molecule has 1 aliphatic heterocycles. The largest absolute Gasteiger partial charge is 0.394 e. The molecule has 2 aromatic rings. The van der Waals surface area contributed by atoms with E-state index in [1.165, 1.54) is 0 Å². The average molecular weight is 330 g/mol. The fourth-order valence-electron chi connectivity index (χ4n) is 3.03. The van der Waals surface area contributed by atoms with E-state index >= 15 is 0 Å². The summed E-state index contributed by atoms with van der Waals surface area (Å²) in [7, 11) is 1.62. The normalized spacial score (nSPS) is 20.5. The number of methoxy groups -OCH3 is 1. The Morgan fingerprint density at radius 2 is 2.12 bits per heavy atom. The third kappa shape index (κ3) is 3.05. The zero-order chi connectivity index (χ0) is 17.1. The fraction of sp³-hybridized carbons (Fsp3) is 0.471. The van der Waals surface area contributed by atoms with Crippen LogP contribution in [-0.4, -0.2) is 63.1 Å². The summed E-state index contributed by atoms with van der Waals surface area (Å²) in [5.41, 5.74) is 0.871. The molecule has 0 bridgehead atoms. The number of carbonyl (C=O) groups excluding carboxylic acids is 1. The van der Waals surface area contributed by atoms with E-state index in [0.717, 1.165) is 11.5 Å². The molecule has 3 rings (SSSR count). The van der Waals surface area contributed by atoms with Crippen molar-refractivity contribution in [3.05, 3.63) is 42.0 Å². The van der Waals surface area contributed by atoms with Gasteiger partial charge in [0.25, 0.3) is 5.91 Å². The Labute approximate surface area is 140 Å². The van der Waals surface area contributed by atoms with Crippen molar-refractivity contribution in [2.75, 3.05) is 20.3 Å². The zero-order valence-electron chi connectivity index (χ0n) is 13.9. The summed E-state index contributed by atoms with van der Waals surface area (Å²) in [6.45, 7) is 2.33. The Hall–Kier alpha value is -2.25. The van der Waals surface area contributed by atoms with Crippen LogP contribution >= 0.6 is 0 Å². The van der Waals surface area contributed by atoms with Gasteiger partial charge in [0.1, 0.15) is 5.82 Å². The second kappa shape index (κ2) is 7.11. The molecule has 1 fully saturated rings. The van der Waals surface area contributed by atoms with Gasteiger partial charge in [0.2, 0.25) is 5.82 Å². The van der Waals surface area contributed by atoms with E-state index in [0.29, 0.717) is 19.4 Å². The van der Waals surface area contributed by atoms with Crippen LogP contribution in [0.4, 0.5) is 0 Å². The summed E-state index contributed by atoms with van der Waals surface area (Å²) in [5.74, 6) is 0.622. The quantitative estimate of drug-likeness (QED) is 0.886. The Morgan fingerprint density at radius 1 is 1.38 bits per heavy atom. The first-order valence-electron chi connectivity index (χ1n) is 8.13. The molecule has 0 unspecified atom stereocenters. The number of amides is 1. The first-order valence-corrected chi connectivity index (χ1v) is 8.13. The maximum atomic E-state index is 12.8. The van der Waals surface area contributed by atoms with Gasteiger partial charge in [-0.15, -0.1) is 5.10 Å². The smallest absolute Gasteiger partial charge is 0.293 e. The summed E-state index contributed by atoms with van der Waals surface area (Å²) in [6, 6.07) is 9.37. The lowest BCUT2D eigenvalue weighted by molar-refractivity contribution is 0.0636. The van der Waals surface area contributed by atoms with Crippen LogP contribution in [0, 0.1) is 0 Å². The number of para-hydroxylation sites is 1. The maximum Gasteiger partial charge on any atom is 0.293 e. The van der Waals surface area contributed by atoms with Crippen molar-refractivity contribution < 1.29 is 14.6 Å². The predicted molar refractivity (Wildman–Crippen MR) is 88.1 cm³/mol. The van der Waals surface area contributed by atoms with Gasteiger partial charge in [0.15, 0.2) is 0 Å². The van der Waals surface area contributed by atoms with Gasteiger partial charge in [0.05, 0.1) is 24.4 Å². The van der Waals surface area contributed by atoms with Gasteiger partial charge in [-0.1, -0.05) is 25.1 Å². The van der Waals surface area contributed by atoms with Crippen LogP contribution in [0.5, 0.6) is 0 Å². The molecule has 1 aromatic heterocycles. The molecule has 0 radical (unpaired) electrons. The molecule has 1 amide bonds. The Balaban J connectivity index is 1.90. The Kier molecular flexibility index (Phi) is 4.92. The van der Waals surface area contributed by atoms with Crippen LogP contribution in [0.15, 0.2) is 30.3 Å². The number of aryl methyl sites for hydroxylation is 1. The number of aliphatic hydroxyl groups excluding tert-OH is 1. The number of rotatable bonds is 5. The van der Waals surface area contributed by atoms with Crippen molar-refractivity contribution in [1.82, 2.24) is 19.7 Å². The summed E-state index contributed by atoms with van der Waals surface area (Å²) in [5, 5.41) is 13.9. The third-order valence-electron chi connectivity index (χ3n) is 4.36. The summed E-state index contributed by atoms with van der Waals surface area (Å²) >= 11 is 0. The summed E-state index contributed by atoms with van der Waals surface area (Å²) in [4.78, 5) is 18.8. The van der Waals surface area contributed by atoms with Crippen molar-refractivity contribution in [1.29, 1.82) is 0 Å². The highest BCUT2D eigenvalue weighted by Crippen LogP contribution is 2.22. The molecule has 1 aliphatic rings. The molecular formula is C17H22N4O3. The lowest BCUT2D eigenvalue weighted by Gasteiger charge is -2.20. The number of likely N-dealkylation sites (tertiary alicyclic amines) is 1. The number of nitrogens with zero attached hydrogens (tertiary/aromatic N) is 4. The van der Waals surface area contributed by atoms with Gasteiger partial charge < -0.3 is 14.7 Å². The van der Waals surface area contributed by atoms with E-state index in [1.54, 1.807) is 16.7 Å². The molecule has 7 nitrogen and oxygen atoms in total. The van der Waals surface area contributed by atoms with Gasteiger partial charge in [0, 0.05) is 20.1 Å². The minimum Gasteiger partial charge on any atom is -0.394 e. The van der Waals surface area contributed by atoms with E-state index < -0.39 is 0 Å². The minimum atomic E-state index is -0.266. The number of carbonyl (C=O) groups is 1. The maximum absolute atomic E-state index is 12.8. The molecule has 0 aliphatic carbocycles. The predicted octanol–water partition coefficient (Wildman–Crippen LogP) is 1.05. The lowest BCUT2D eigenvalue weighted by Crippen LogP contribution is -2.38. The van der Waals surface area contributed by atoms with Crippen LogP contribution in [0.3, 0.4) is 0 Å². The van der Waals surface area contributed by atoms with Crippen LogP contribution in [0.25, 0.3) is 5.69 Å². The first-order chi connectivity index (χ1) is 11.7. The molecule has 128 valence electrons. The molecule has 1 aromatic carbocycles. The SMILES string of the molecule is CCc1nc(C(=O)N2C[C@@H](OC)C[C@H]2CO)nn1-c1ccccc1. The monoisotopic (exact) mass is 330 g/mol. The number of aliphatic hydroxyl groups is 1. The van der Waals surface area contributed by atoms with Crippen molar-refractivity contribution in [3.63, 3.8) is 0 Å². The molecular weight excluding hydrogens is 308 g/mol. The number of aromatic nitrogens is 3. The topological polar surface area (TPSA) is 80.5 Å². The molecule has 1 N–H and O–H groups in total. The van der Waals surface area contributed by atoms with Crippen LogP contribution < -0.4 is 0 Å². The van der Waals surface area contributed by atoms with Crippen LogP contribution in [0.2, 0.25) is 0 Å². The molecule has 0 spiro atoms.